The maximum atomic E-state index is 13.4. The molecule has 3 aromatic heterocycles. The normalized spacial score (nSPS) is 15.4. The van der Waals surface area contributed by atoms with E-state index < -0.39 is 0 Å². The van der Waals surface area contributed by atoms with E-state index in [0.717, 1.165) is 30.2 Å². The zero-order chi connectivity index (χ0) is 30.7. The van der Waals surface area contributed by atoms with Gasteiger partial charge in [-0.25, -0.2) is 0 Å². The lowest BCUT2D eigenvalue weighted by molar-refractivity contribution is 0.103. The molecule has 9 heteroatoms. The molecule has 2 aromatic carbocycles. The molecule has 204 valence electrons. The van der Waals surface area contributed by atoms with E-state index in [1.165, 1.54) is 22.7 Å². The van der Waals surface area contributed by atoms with Crippen LogP contribution in [0.5, 0.6) is 0 Å². The molecule has 7 nitrogen and oxygen atoms in total. The lowest BCUT2D eigenvalue weighted by atomic mass is 9.99. The van der Waals surface area contributed by atoms with Gasteiger partial charge in [-0.2, -0.15) is 21.0 Å². The number of aromatic nitrogens is 1. The van der Waals surface area contributed by atoms with Gasteiger partial charge in [0.15, 0.2) is 11.6 Å². The van der Waals surface area contributed by atoms with Gasteiger partial charge in [0.05, 0.1) is 20.4 Å². The molecule has 0 atom stereocenters. The van der Waals surface area contributed by atoms with E-state index in [1.54, 1.807) is 60.7 Å². The highest BCUT2D eigenvalue weighted by molar-refractivity contribution is 7.28. The van der Waals surface area contributed by atoms with Crippen molar-refractivity contribution in [3.05, 3.63) is 115 Å². The fraction of sp³-hybridized carbons (Fsp3) is 0.0286. The number of hydrogen-bond acceptors (Lipinski definition) is 8. The van der Waals surface area contributed by atoms with Crippen LogP contribution in [0.4, 0.5) is 0 Å². The SMILES string of the molecule is Cn1c2cc(/C=C3\C(=O)c4ccccc4C3=C(C#N)C#N)sc2c2sc(/C=C3\C(=O)c4ccccc4C3=C(C#N)C#N)cc21. The third-order valence-electron chi connectivity index (χ3n) is 7.82. The van der Waals surface area contributed by atoms with Gasteiger partial charge < -0.3 is 4.57 Å². The standard InChI is InChI=1S/C35H15N5O2S2/c1-40-28-12-20(10-26-30(18(14-36)15-37)22-6-2-4-8-24(22)32(26)41)43-34(28)35-29(40)13-21(44-35)11-27-31(19(16-38)17-39)23-7-3-5-9-25(23)33(27)42/h2-13H,1H3/b26-10-,27-11-. The molecule has 5 aromatic rings. The summed E-state index contributed by atoms with van der Waals surface area (Å²) in [4.78, 5) is 28.3. The molecule has 2 aliphatic rings. The number of thiophene rings is 2. The number of allylic oxidation sites excluding steroid dienone is 6. The number of carbonyl (C=O) groups is 2. The van der Waals surface area contributed by atoms with E-state index in [2.05, 4.69) is 0 Å². The van der Waals surface area contributed by atoms with E-state index >= 15 is 0 Å². The Balaban J connectivity index is 1.36. The van der Waals surface area contributed by atoms with Gasteiger partial charge in [-0.15, -0.1) is 22.7 Å². The minimum absolute atomic E-state index is 0.109. The largest absolute Gasteiger partial charge is 0.342 e. The van der Waals surface area contributed by atoms with Crippen LogP contribution in [0.3, 0.4) is 0 Å². The molecular weight excluding hydrogens is 587 g/mol. The van der Waals surface area contributed by atoms with Crippen LogP contribution in [0.15, 0.2) is 83.0 Å². The summed E-state index contributed by atoms with van der Waals surface area (Å²) in [5.74, 6) is -0.460. The number of rotatable bonds is 2. The first-order valence-corrected chi connectivity index (χ1v) is 14.9. The van der Waals surface area contributed by atoms with E-state index in [0.29, 0.717) is 44.5 Å². The molecule has 0 amide bonds. The van der Waals surface area contributed by atoms with E-state index in [4.69, 9.17) is 0 Å². The fourth-order valence-corrected chi connectivity index (χ4v) is 8.28. The molecule has 7 rings (SSSR count). The molecule has 3 heterocycles. The first-order valence-electron chi connectivity index (χ1n) is 13.2. The highest BCUT2D eigenvalue weighted by Gasteiger charge is 2.34. The number of ketones is 2. The molecular formula is C35H15N5O2S2. The third kappa shape index (κ3) is 3.76. The van der Waals surface area contributed by atoms with E-state index in [9.17, 15) is 30.6 Å². The van der Waals surface area contributed by atoms with Gasteiger partial charge in [-0.3, -0.25) is 9.59 Å². The molecule has 0 saturated carbocycles. The summed E-state index contributed by atoms with van der Waals surface area (Å²) >= 11 is 2.99. The van der Waals surface area contributed by atoms with Gasteiger partial charge in [0.2, 0.25) is 0 Å². The lowest BCUT2D eigenvalue weighted by Gasteiger charge is -2.01. The minimum Gasteiger partial charge on any atom is -0.342 e. The van der Waals surface area contributed by atoms with Gasteiger partial charge in [0.25, 0.3) is 0 Å². The average Bonchev–Trinajstić information content (AvgIpc) is 3.82. The number of carbonyl (C=O) groups excluding carboxylic acids is 2. The van der Waals surface area contributed by atoms with Crippen LogP contribution >= 0.6 is 22.7 Å². The molecule has 0 unspecified atom stereocenters. The molecule has 0 radical (unpaired) electrons. The number of nitrogens with zero attached hydrogens (tertiary/aromatic N) is 5. The van der Waals surface area contributed by atoms with Gasteiger partial charge in [0, 0.05) is 50.2 Å². The molecule has 0 fully saturated rings. The highest BCUT2D eigenvalue weighted by Crippen LogP contribution is 2.45. The van der Waals surface area contributed by atoms with Crippen LogP contribution in [0, 0.1) is 45.3 Å². The second kappa shape index (κ2) is 10.0. The summed E-state index contributed by atoms with van der Waals surface area (Å²) in [5, 5.41) is 38.5. The summed E-state index contributed by atoms with van der Waals surface area (Å²) in [6.45, 7) is 0. The van der Waals surface area contributed by atoms with Crippen LogP contribution in [0.1, 0.15) is 41.6 Å². The van der Waals surface area contributed by atoms with Crippen LogP contribution in [0.2, 0.25) is 0 Å². The Hall–Kier alpha value is -6.10. The number of fused-ring (bicyclic) bond motifs is 5. The highest BCUT2D eigenvalue weighted by atomic mass is 32.1. The number of aryl methyl sites for hydroxylation is 1. The van der Waals surface area contributed by atoms with Gasteiger partial charge in [-0.1, -0.05) is 48.5 Å². The second-order valence-corrected chi connectivity index (χ2v) is 12.3. The summed E-state index contributed by atoms with van der Waals surface area (Å²) in [7, 11) is 1.94. The predicted octanol–water partition coefficient (Wildman–Crippen LogP) is 7.62. The molecule has 0 bridgehead atoms. The Bertz CT molecular complexity index is 2280. The molecule has 0 aliphatic heterocycles. The van der Waals surface area contributed by atoms with Crippen molar-refractivity contribution < 1.29 is 9.59 Å². The molecule has 0 saturated heterocycles. The number of Topliss-reactive ketones (excluding diaryl/α,β-unsaturated/α-hetero) is 2. The first kappa shape index (κ1) is 26.8. The number of hydrogen-bond donors (Lipinski definition) is 0. The average molecular weight is 602 g/mol. The van der Waals surface area contributed by atoms with Crippen LogP contribution in [-0.4, -0.2) is 16.1 Å². The van der Waals surface area contributed by atoms with Crippen molar-refractivity contribution in [1.29, 1.82) is 21.0 Å². The number of benzene rings is 2. The monoisotopic (exact) mass is 601 g/mol. The van der Waals surface area contributed by atoms with E-state index in [-0.39, 0.29) is 22.7 Å². The second-order valence-electron chi connectivity index (χ2n) is 10.1. The maximum Gasteiger partial charge on any atom is 0.194 e. The van der Waals surface area contributed by atoms with Crippen molar-refractivity contribution in [3.8, 4) is 24.3 Å². The fourth-order valence-electron chi connectivity index (χ4n) is 5.87. The zero-order valence-corrected chi connectivity index (χ0v) is 24.4. The number of nitriles is 4. The van der Waals surface area contributed by atoms with E-state index in [1.807, 2.05) is 48.0 Å². The quantitative estimate of drug-likeness (QED) is 0.151. The van der Waals surface area contributed by atoms with Gasteiger partial charge in [0.1, 0.15) is 35.4 Å². The molecule has 44 heavy (non-hydrogen) atoms. The molecule has 0 N–H and O–H groups in total. The summed E-state index contributed by atoms with van der Waals surface area (Å²) in [6.07, 6.45) is 3.49. The Morgan fingerprint density at radius 2 is 1.00 bits per heavy atom. The maximum absolute atomic E-state index is 13.4. The summed E-state index contributed by atoms with van der Waals surface area (Å²) in [6, 6.07) is 25.7. The van der Waals surface area contributed by atoms with Crippen LogP contribution < -0.4 is 0 Å². The smallest absolute Gasteiger partial charge is 0.194 e. The van der Waals surface area contributed by atoms with Crippen LogP contribution in [-0.2, 0) is 7.05 Å². The lowest BCUT2D eigenvalue weighted by Crippen LogP contribution is -1.95. The molecule has 0 spiro atoms. The summed E-state index contributed by atoms with van der Waals surface area (Å²) < 4.78 is 4.02. The Morgan fingerprint density at radius 1 is 0.636 bits per heavy atom. The predicted molar refractivity (Wildman–Crippen MR) is 170 cm³/mol. The van der Waals surface area contributed by atoms with Crippen LogP contribution in [0.25, 0.3) is 43.7 Å². The van der Waals surface area contributed by atoms with Crippen molar-refractivity contribution >= 4 is 78.0 Å². The van der Waals surface area contributed by atoms with Crippen molar-refractivity contribution in [2.75, 3.05) is 0 Å². The van der Waals surface area contributed by atoms with Crippen molar-refractivity contribution in [1.82, 2.24) is 4.57 Å². The van der Waals surface area contributed by atoms with Crippen molar-refractivity contribution in [2.45, 2.75) is 0 Å². The topological polar surface area (TPSA) is 134 Å². The summed E-state index contributed by atoms with van der Waals surface area (Å²) in [5.41, 5.74) is 5.10. The van der Waals surface area contributed by atoms with Crippen molar-refractivity contribution in [2.24, 2.45) is 7.05 Å². The molecule has 2 aliphatic carbocycles. The van der Waals surface area contributed by atoms with Gasteiger partial charge >= 0.3 is 0 Å². The Morgan fingerprint density at radius 3 is 1.36 bits per heavy atom. The van der Waals surface area contributed by atoms with Crippen molar-refractivity contribution in [3.63, 3.8) is 0 Å². The Kier molecular flexibility index (Phi) is 6.10. The minimum atomic E-state index is -0.230. The first-order chi connectivity index (χ1) is 21.4. The van der Waals surface area contributed by atoms with Gasteiger partial charge in [-0.05, 0) is 35.4 Å². The zero-order valence-electron chi connectivity index (χ0n) is 22.8. The Labute approximate surface area is 258 Å². The third-order valence-corrected chi connectivity index (χ3v) is 10.1.